The summed E-state index contributed by atoms with van der Waals surface area (Å²) in [5.41, 5.74) is 0.477. The van der Waals surface area contributed by atoms with Gasteiger partial charge in [0.25, 0.3) is 5.89 Å². The lowest BCUT2D eigenvalue weighted by molar-refractivity contribution is 0.470. The van der Waals surface area contributed by atoms with Gasteiger partial charge >= 0.3 is 0 Å². The van der Waals surface area contributed by atoms with Crippen LogP contribution in [0.4, 0.5) is 0 Å². The number of aromatic nitrogens is 3. The van der Waals surface area contributed by atoms with Crippen LogP contribution < -0.4 is 5.43 Å². The Balaban J connectivity index is 1.79. The molecule has 4 aromatic rings. The van der Waals surface area contributed by atoms with Crippen LogP contribution in [0.5, 0.6) is 0 Å². The molecular weight excluding hydrogens is 308 g/mol. The number of benzene rings is 1. The number of nitrogens with zero attached hydrogens (tertiary/aromatic N) is 4. The molecule has 0 aliphatic carbocycles. The average molecular weight is 318 g/mol. The van der Waals surface area contributed by atoms with Crippen molar-refractivity contribution in [2.75, 3.05) is 0 Å². The highest BCUT2D eigenvalue weighted by atomic mass is 16.4. The molecule has 0 bridgehead atoms. The Labute approximate surface area is 135 Å². The Morgan fingerprint density at radius 2 is 2.04 bits per heavy atom. The summed E-state index contributed by atoms with van der Waals surface area (Å²) in [6, 6.07) is 12.5. The van der Waals surface area contributed by atoms with Gasteiger partial charge in [-0.1, -0.05) is 12.1 Å². The number of hydrogen-bond donors (Lipinski definition) is 0. The molecule has 3 aromatic heterocycles. The predicted molar refractivity (Wildman–Crippen MR) is 84.0 cm³/mol. The molecule has 0 aliphatic heterocycles. The van der Waals surface area contributed by atoms with Crippen LogP contribution in [-0.2, 0) is 6.54 Å². The van der Waals surface area contributed by atoms with Crippen molar-refractivity contribution < 1.29 is 8.83 Å². The minimum Gasteiger partial charge on any atom is -0.459 e. The van der Waals surface area contributed by atoms with Crippen molar-refractivity contribution in [3.63, 3.8) is 0 Å². The van der Waals surface area contributed by atoms with E-state index in [4.69, 9.17) is 8.83 Å². The van der Waals surface area contributed by atoms with Crippen molar-refractivity contribution in [2.24, 2.45) is 0 Å². The second-order valence-electron chi connectivity index (χ2n) is 5.11. The first-order valence-corrected chi connectivity index (χ1v) is 7.15. The van der Waals surface area contributed by atoms with E-state index in [0.29, 0.717) is 22.6 Å². The zero-order valence-electron chi connectivity index (χ0n) is 12.3. The van der Waals surface area contributed by atoms with Gasteiger partial charge in [0, 0.05) is 11.6 Å². The maximum absolute atomic E-state index is 12.2. The molecule has 0 atom stereocenters. The SMILES string of the molecule is N#Cc1cn(Cc2nnc(-c3ccco3)o2)c2ccccc2c1=O. The second-order valence-corrected chi connectivity index (χ2v) is 5.11. The minimum atomic E-state index is -0.286. The van der Waals surface area contributed by atoms with E-state index in [-0.39, 0.29) is 23.4 Å². The Bertz CT molecular complexity index is 1120. The van der Waals surface area contributed by atoms with Gasteiger partial charge in [-0.2, -0.15) is 5.26 Å². The van der Waals surface area contributed by atoms with Crippen molar-refractivity contribution in [2.45, 2.75) is 6.54 Å². The molecule has 0 saturated heterocycles. The summed E-state index contributed by atoms with van der Waals surface area (Å²) in [6.45, 7) is 0.239. The molecule has 4 rings (SSSR count). The number of rotatable bonds is 3. The zero-order chi connectivity index (χ0) is 16.5. The predicted octanol–water partition coefficient (Wildman–Crippen LogP) is 2.56. The van der Waals surface area contributed by atoms with Gasteiger partial charge in [-0.05, 0) is 24.3 Å². The third kappa shape index (κ3) is 2.27. The Morgan fingerprint density at radius 1 is 1.17 bits per heavy atom. The number of fused-ring (bicyclic) bond motifs is 1. The van der Waals surface area contributed by atoms with E-state index in [0.717, 1.165) is 0 Å². The van der Waals surface area contributed by atoms with Crippen LogP contribution in [-0.4, -0.2) is 14.8 Å². The lowest BCUT2D eigenvalue weighted by Gasteiger charge is -2.09. The lowest BCUT2D eigenvalue weighted by atomic mass is 10.1. The fourth-order valence-electron chi connectivity index (χ4n) is 2.52. The minimum absolute atomic E-state index is 0.0690. The van der Waals surface area contributed by atoms with Gasteiger partial charge in [0.15, 0.2) is 5.76 Å². The summed E-state index contributed by atoms with van der Waals surface area (Å²) < 4.78 is 12.5. The standard InChI is InChI=1S/C17H10N4O3/c18-8-11-9-21(13-5-2-1-4-12(13)16(11)22)10-15-19-20-17(24-15)14-6-3-7-23-14/h1-7,9H,10H2. The molecule has 0 spiro atoms. The molecule has 0 saturated carbocycles. The summed E-state index contributed by atoms with van der Waals surface area (Å²) in [5, 5.41) is 17.6. The third-order valence-corrected chi connectivity index (χ3v) is 3.61. The number of pyridine rings is 1. The first-order chi connectivity index (χ1) is 11.8. The van der Waals surface area contributed by atoms with Crippen LogP contribution >= 0.6 is 0 Å². The number of hydrogen-bond acceptors (Lipinski definition) is 6. The number of nitriles is 1. The maximum Gasteiger partial charge on any atom is 0.283 e. The lowest BCUT2D eigenvalue weighted by Crippen LogP contribution is -2.13. The van der Waals surface area contributed by atoms with Crippen molar-refractivity contribution in [1.82, 2.24) is 14.8 Å². The zero-order valence-corrected chi connectivity index (χ0v) is 12.3. The van der Waals surface area contributed by atoms with Crippen molar-refractivity contribution in [3.8, 4) is 17.7 Å². The van der Waals surface area contributed by atoms with Crippen LogP contribution in [0, 0.1) is 11.3 Å². The molecule has 24 heavy (non-hydrogen) atoms. The monoisotopic (exact) mass is 318 g/mol. The van der Waals surface area contributed by atoms with Crippen LogP contribution in [0.2, 0.25) is 0 Å². The first kappa shape index (κ1) is 14.0. The molecule has 3 heterocycles. The normalized spacial score (nSPS) is 10.8. The van der Waals surface area contributed by atoms with Gasteiger partial charge in [-0.15, -0.1) is 10.2 Å². The highest BCUT2D eigenvalue weighted by molar-refractivity contribution is 5.80. The smallest absolute Gasteiger partial charge is 0.283 e. The van der Waals surface area contributed by atoms with Crippen molar-refractivity contribution in [1.29, 1.82) is 5.26 Å². The van der Waals surface area contributed by atoms with Gasteiger partial charge in [-0.25, -0.2) is 0 Å². The summed E-state index contributed by atoms with van der Waals surface area (Å²) in [6.07, 6.45) is 3.02. The summed E-state index contributed by atoms with van der Waals surface area (Å²) in [7, 11) is 0. The average Bonchev–Trinajstić information content (AvgIpc) is 3.29. The van der Waals surface area contributed by atoms with Gasteiger partial charge < -0.3 is 13.4 Å². The Kier molecular flexibility index (Phi) is 3.21. The van der Waals surface area contributed by atoms with E-state index in [9.17, 15) is 10.1 Å². The highest BCUT2D eigenvalue weighted by Gasteiger charge is 2.13. The van der Waals surface area contributed by atoms with Crippen LogP contribution in [0.3, 0.4) is 0 Å². The van der Waals surface area contributed by atoms with Crippen LogP contribution in [0.25, 0.3) is 22.6 Å². The molecule has 7 heteroatoms. The molecule has 0 aliphatic rings. The van der Waals surface area contributed by atoms with Gasteiger partial charge in [-0.3, -0.25) is 4.79 Å². The van der Waals surface area contributed by atoms with E-state index in [1.165, 1.54) is 12.5 Å². The highest BCUT2D eigenvalue weighted by Crippen LogP contribution is 2.19. The second kappa shape index (κ2) is 5.52. The van der Waals surface area contributed by atoms with E-state index in [2.05, 4.69) is 10.2 Å². The topological polar surface area (TPSA) is 97.8 Å². The molecule has 0 unspecified atom stereocenters. The molecule has 7 nitrogen and oxygen atoms in total. The van der Waals surface area contributed by atoms with Crippen LogP contribution in [0.1, 0.15) is 11.5 Å². The Hall–Kier alpha value is -3.66. The molecule has 1 aromatic carbocycles. The number of para-hydroxylation sites is 1. The van der Waals surface area contributed by atoms with E-state index < -0.39 is 0 Å². The summed E-state index contributed by atoms with van der Waals surface area (Å²) in [4.78, 5) is 12.2. The van der Waals surface area contributed by atoms with Crippen molar-refractivity contribution >= 4 is 10.9 Å². The largest absolute Gasteiger partial charge is 0.459 e. The van der Waals surface area contributed by atoms with E-state index in [1.807, 2.05) is 18.2 Å². The number of furan rings is 1. The summed E-state index contributed by atoms with van der Waals surface area (Å²) >= 11 is 0. The van der Waals surface area contributed by atoms with Crippen LogP contribution in [0.15, 0.2) is 62.5 Å². The molecule has 0 amide bonds. The fraction of sp³-hybridized carbons (Fsp3) is 0.0588. The quantitative estimate of drug-likeness (QED) is 0.576. The fourth-order valence-corrected chi connectivity index (χ4v) is 2.52. The van der Waals surface area contributed by atoms with Gasteiger partial charge in [0.05, 0.1) is 11.8 Å². The maximum atomic E-state index is 12.2. The Morgan fingerprint density at radius 3 is 2.83 bits per heavy atom. The van der Waals surface area contributed by atoms with Gasteiger partial charge in [0.1, 0.15) is 18.2 Å². The molecule has 116 valence electrons. The molecule has 0 fully saturated rings. The van der Waals surface area contributed by atoms with Gasteiger partial charge in [0.2, 0.25) is 11.3 Å². The summed E-state index contributed by atoms with van der Waals surface area (Å²) in [5.74, 6) is 1.11. The third-order valence-electron chi connectivity index (χ3n) is 3.61. The first-order valence-electron chi connectivity index (χ1n) is 7.15. The molecule has 0 N–H and O–H groups in total. The molecular formula is C17H10N4O3. The van der Waals surface area contributed by atoms with E-state index >= 15 is 0 Å². The van der Waals surface area contributed by atoms with Crippen molar-refractivity contribution in [3.05, 3.63) is 70.5 Å². The van der Waals surface area contributed by atoms with E-state index in [1.54, 1.807) is 28.8 Å². The molecule has 0 radical (unpaired) electrons.